The predicted molar refractivity (Wildman–Crippen MR) is 328 cm³/mol. The molecule has 0 spiro atoms. The van der Waals surface area contributed by atoms with E-state index in [9.17, 15) is 28.8 Å². The van der Waals surface area contributed by atoms with E-state index >= 15 is 0 Å². The molecule has 0 aliphatic heterocycles. The van der Waals surface area contributed by atoms with Crippen LogP contribution in [0.4, 0.5) is 0 Å². The number of hydrogen-bond donors (Lipinski definition) is 0. The third-order valence-corrected chi connectivity index (χ3v) is 11.2. The summed E-state index contributed by atoms with van der Waals surface area (Å²) in [5, 5.41) is 46.7. The second kappa shape index (κ2) is 51.5. The lowest BCUT2D eigenvalue weighted by Crippen LogP contribution is -2.10. The molecule has 0 unspecified atom stereocenters. The average molecular weight is 1250 g/mol. The van der Waals surface area contributed by atoms with E-state index in [4.69, 9.17) is 28.4 Å². The van der Waals surface area contributed by atoms with Crippen LogP contribution in [0.25, 0.3) is 0 Å². The van der Waals surface area contributed by atoms with Gasteiger partial charge in [0, 0.05) is 116 Å². The number of ether oxygens (including phenoxy) is 6. The van der Waals surface area contributed by atoms with Crippen molar-refractivity contribution in [2.24, 2.45) is 0 Å². The third-order valence-electron chi connectivity index (χ3n) is 11.2. The summed E-state index contributed by atoms with van der Waals surface area (Å²) in [6, 6.07) is 0. The van der Waals surface area contributed by atoms with Crippen molar-refractivity contribution in [3.63, 3.8) is 0 Å². The highest BCUT2D eigenvalue weighted by Gasteiger charge is 2.03. The first kappa shape index (κ1) is 79.6. The van der Waals surface area contributed by atoms with Gasteiger partial charge in [0.2, 0.25) is 0 Å². The normalized spacial score (nSPS) is 10.5. The quantitative estimate of drug-likeness (QED) is 0.0431. The Balaban J connectivity index is 0.000000535. The predicted octanol–water partition coefficient (Wildman–Crippen LogP) is 5.44. The molecular formula is C59H100N18O12. The van der Waals surface area contributed by atoms with Gasteiger partial charge in [0.1, 0.15) is 38.0 Å². The highest BCUT2D eigenvalue weighted by atomic mass is 16.5. The summed E-state index contributed by atoms with van der Waals surface area (Å²) in [5.41, 5.74) is 5.52. The van der Waals surface area contributed by atoms with Crippen molar-refractivity contribution in [1.29, 1.82) is 0 Å². The Morgan fingerprint density at radius 2 is 0.494 bits per heavy atom. The van der Waals surface area contributed by atoms with Crippen LogP contribution in [0.3, 0.4) is 0 Å². The van der Waals surface area contributed by atoms with Crippen LogP contribution in [0.2, 0.25) is 0 Å². The summed E-state index contributed by atoms with van der Waals surface area (Å²) in [5.74, 6) is 0.684. The number of Topliss-reactive ketones (excluding diaryl/α,β-unsaturated/α-hetero) is 6. The number of ketones is 6. The maximum atomic E-state index is 10.6. The number of nitrogens with zero attached hydrogens (tertiary/aromatic N) is 18. The summed E-state index contributed by atoms with van der Waals surface area (Å²) in [7, 11) is 0. The zero-order valence-corrected chi connectivity index (χ0v) is 54.9. The molecule has 89 heavy (non-hydrogen) atoms. The summed E-state index contributed by atoms with van der Waals surface area (Å²) in [6.45, 7) is 31.2. The zero-order chi connectivity index (χ0) is 65.9. The van der Waals surface area contributed by atoms with E-state index in [1.807, 2.05) is 92.8 Å². The van der Waals surface area contributed by atoms with Gasteiger partial charge in [-0.25, -0.2) is 9.36 Å². The molecule has 30 heteroatoms. The molecule has 0 aliphatic carbocycles. The summed E-state index contributed by atoms with van der Waals surface area (Å²) in [4.78, 5) is 63.4. The van der Waals surface area contributed by atoms with Crippen molar-refractivity contribution < 1.29 is 57.2 Å². The van der Waals surface area contributed by atoms with E-state index in [0.717, 1.165) is 118 Å². The van der Waals surface area contributed by atoms with Crippen molar-refractivity contribution >= 4 is 34.7 Å². The molecule has 0 bridgehead atoms. The first-order valence-corrected chi connectivity index (χ1v) is 30.2. The Kier molecular flexibility index (Phi) is 46.1. The van der Waals surface area contributed by atoms with Crippen molar-refractivity contribution in [2.75, 3.05) is 79.3 Å². The topological polar surface area (TPSA) is 342 Å². The Morgan fingerprint density at radius 1 is 0.270 bits per heavy atom. The van der Waals surface area contributed by atoms with Crippen LogP contribution in [0.5, 0.6) is 0 Å². The molecule has 0 amide bonds. The fourth-order valence-corrected chi connectivity index (χ4v) is 7.05. The fraction of sp³-hybridized carbons (Fsp3) is 0.695. The van der Waals surface area contributed by atoms with E-state index in [1.54, 1.807) is 27.9 Å². The number of aromatic nitrogens is 18. The molecule has 0 saturated carbocycles. The van der Waals surface area contributed by atoms with Crippen LogP contribution in [0.1, 0.15) is 146 Å². The van der Waals surface area contributed by atoms with E-state index in [2.05, 4.69) is 61.9 Å². The van der Waals surface area contributed by atoms with E-state index in [1.165, 1.54) is 27.7 Å². The van der Waals surface area contributed by atoms with Gasteiger partial charge in [-0.2, -0.15) is 0 Å². The van der Waals surface area contributed by atoms with E-state index in [0.29, 0.717) is 78.8 Å². The lowest BCUT2D eigenvalue weighted by Gasteiger charge is -2.03. The summed E-state index contributed by atoms with van der Waals surface area (Å²) < 4.78 is 41.9. The molecule has 0 aromatic carbocycles. The number of hydrogen-bond acceptors (Lipinski definition) is 24. The number of rotatable bonds is 41. The van der Waals surface area contributed by atoms with Crippen LogP contribution in [-0.4, -0.2) is 204 Å². The molecule has 30 nitrogen and oxygen atoms in total. The molecule has 498 valence electrons. The Bertz CT molecular complexity index is 2680. The van der Waals surface area contributed by atoms with Crippen LogP contribution < -0.4 is 0 Å². The smallest absolute Gasteiger partial charge is 0.155 e. The fourth-order valence-electron chi connectivity index (χ4n) is 7.05. The second-order valence-corrected chi connectivity index (χ2v) is 21.1. The molecule has 6 aromatic heterocycles. The van der Waals surface area contributed by atoms with Crippen LogP contribution in [-0.2, 0) is 96.5 Å². The second-order valence-electron chi connectivity index (χ2n) is 21.1. The first-order valence-electron chi connectivity index (χ1n) is 30.2. The van der Waals surface area contributed by atoms with Gasteiger partial charge >= 0.3 is 0 Å². The van der Waals surface area contributed by atoms with Crippen LogP contribution in [0.15, 0.2) is 37.2 Å². The van der Waals surface area contributed by atoms with Gasteiger partial charge in [-0.15, -0.1) is 30.6 Å². The Hall–Kier alpha value is -7.38. The average Bonchev–Trinajstić information content (AvgIpc) is 4.41. The molecular weight excluding hydrogens is 1150 g/mol. The number of aryl methyl sites for hydroxylation is 10. The van der Waals surface area contributed by atoms with Gasteiger partial charge in [-0.3, -0.25) is 37.9 Å². The van der Waals surface area contributed by atoms with Gasteiger partial charge in [0.05, 0.1) is 60.5 Å². The van der Waals surface area contributed by atoms with Crippen molar-refractivity contribution in [2.45, 2.75) is 193 Å². The van der Waals surface area contributed by atoms with E-state index in [-0.39, 0.29) is 61.1 Å². The largest absolute Gasteiger partial charge is 0.381 e. The van der Waals surface area contributed by atoms with Gasteiger partial charge in [0.25, 0.3) is 0 Å². The molecule has 0 atom stereocenters. The number of carbonyl (C=O) groups is 6. The molecule has 0 radical (unpaired) electrons. The minimum absolute atomic E-state index is 0.0368. The van der Waals surface area contributed by atoms with Crippen molar-refractivity contribution in [3.8, 4) is 0 Å². The maximum absolute atomic E-state index is 10.6. The Labute approximate surface area is 523 Å². The van der Waals surface area contributed by atoms with E-state index < -0.39 is 0 Å². The molecule has 6 heterocycles. The summed E-state index contributed by atoms with van der Waals surface area (Å²) >= 11 is 0. The standard InChI is InChI=1S/2C11H19N3O2.2C10H17N3O2.C9H15N3O2.C8H13N3O2/c1-10-9-14(13-12-10)6-4-8-16-7-3-5-11(2)15;1-10-8-14(13-12-10)6-4-3-5-7-16-9-11(2)15;1-9-8-13(12-11-9)5-7-15-6-3-4-10(2)14;1-9-7-13(12-11-9)5-3-4-6-15-8-10(2)14;1-8-6-12(11-10-8)4-3-5-14-7-9(2)13;1-7-5-11(10-9-7)3-4-13-6-8(2)12/h9H,3-8H2,1-2H3;8H,3-7,9H2,1-2H3;8H,3-7H2,1-2H3;7H,3-6,8H2,1-2H3;6H,3-5,7H2,1-2H3;5H,3-4,6H2,1-2H3. The van der Waals surface area contributed by atoms with Gasteiger partial charge in [-0.1, -0.05) is 31.3 Å². The zero-order valence-electron chi connectivity index (χ0n) is 54.9. The maximum Gasteiger partial charge on any atom is 0.155 e. The monoisotopic (exact) mass is 1250 g/mol. The van der Waals surface area contributed by atoms with Gasteiger partial charge in [-0.05, 0) is 141 Å². The first-order chi connectivity index (χ1) is 42.6. The molecule has 0 aliphatic rings. The van der Waals surface area contributed by atoms with Crippen LogP contribution in [0, 0.1) is 41.5 Å². The summed E-state index contributed by atoms with van der Waals surface area (Å²) in [6.07, 6.45) is 21.0. The molecule has 0 N–H and O–H groups in total. The number of carbonyl (C=O) groups excluding carboxylic acids is 6. The van der Waals surface area contributed by atoms with Crippen LogP contribution >= 0.6 is 0 Å². The molecule has 6 aromatic rings. The van der Waals surface area contributed by atoms with Gasteiger partial charge in [0.15, 0.2) is 23.1 Å². The molecule has 6 rings (SSSR count). The van der Waals surface area contributed by atoms with Gasteiger partial charge < -0.3 is 38.0 Å². The Morgan fingerprint density at radius 3 is 0.787 bits per heavy atom. The molecule has 0 fully saturated rings. The lowest BCUT2D eigenvalue weighted by molar-refractivity contribution is -0.122. The minimum atomic E-state index is 0.0368. The SMILES string of the molecule is CC(=O)CCCOCCCn1cc(C)nn1.CC(=O)CCCOCCn1cc(C)nn1.CC(=O)COCCCCCn1cc(C)nn1.CC(=O)COCCCCn1cc(C)nn1.CC(=O)COCCCn1cc(C)nn1.CC(=O)COCCn1cc(C)nn1. The highest BCUT2D eigenvalue weighted by Crippen LogP contribution is 2.02. The lowest BCUT2D eigenvalue weighted by atomic mass is 10.2. The third kappa shape index (κ3) is 50.2. The van der Waals surface area contributed by atoms with Crippen molar-refractivity contribution in [1.82, 2.24) is 90.0 Å². The molecule has 0 saturated heterocycles. The van der Waals surface area contributed by atoms with Crippen molar-refractivity contribution in [3.05, 3.63) is 71.3 Å². The number of unbranched alkanes of at least 4 members (excludes halogenated alkanes) is 3. The highest BCUT2D eigenvalue weighted by molar-refractivity contribution is 5.77. The minimum Gasteiger partial charge on any atom is -0.381 e.